The van der Waals surface area contributed by atoms with E-state index < -0.39 is 0 Å². The fourth-order valence-corrected chi connectivity index (χ4v) is 4.92. The molecule has 0 bridgehead atoms. The Hall–Kier alpha value is -1.62. The third-order valence-electron chi connectivity index (χ3n) is 4.48. The highest BCUT2D eigenvalue weighted by Crippen LogP contribution is 2.28. The molecule has 0 N–H and O–H groups in total. The Balaban J connectivity index is 1.47. The van der Waals surface area contributed by atoms with Crippen LogP contribution in [0.15, 0.2) is 33.1 Å². The van der Waals surface area contributed by atoms with Crippen LogP contribution in [0, 0.1) is 9.77 Å². The molecule has 10 heteroatoms. The van der Waals surface area contributed by atoms with Crippen LogP contribution in [0.2, 0.25) is 0 Å². The molecule has 6 nitrogen and oxygen atoms in total. The molecule has 3 aromatic rings. The van der Waals surface area contributed by atoms with Crippen LogP contribution in [0.1, 0.15) is 24.7 Å². The number of aromatic nitrogens is 4. The predicted octanol–water partition coefficient (Wildman–Crippen LogP) is 4.42. The monoisotopic (exact) mass is 423 g/mol. The summed E-state index contributed by atoms with van der Waals surface area (Å²) in [5.74, 6) is 0.868. The van der Waals surface area contributed by atoms with Crippen LogP contribution in [0.5, 0.6) is 0 Å². The zero-order chi connectivity index (χ0) is 18.8. The summed E-state index contributed by atoms with van der Waals surface area (Å²) in [6, 6.07) is 6.23. The number of hydrogen-bond acceptors (Lipinski definition) is 8. The van der Waals surface area contributed by atoms with Crippen molar-refractivity contribution in [1.82, 2.24) is 24.8 Å². The molecular formula is C17H18FN5OS3. The molecule has 1 aliphatic heterocycles. The van der Waals surface area contributed by atoms with Crippen LogP contribution in [0.3, 0.4) is 0 Å². The van der Waals surface area contributed by atoms with E-state index in [1.807, 2.05) is 10.9 Å². The zero-order valence-electron chi connectivity index (χ0n) is 14.7. The molecule has 142 valence electrons. The van der Waals surface area contributed by atoms with E-state index in [0.717, 1.165) is 34.2 Å². The molecule has 0 spiro atoms. The number of halogens is 1. The topological polar surface area (TPSA) is 60.0 Å². The van der Waals surface area contributed by atoms with E-state index in [1.165, 1.54) is 23.5 Å². The van der Waals surface area contributed by atoms with Crippen LogP contribution in [-0.2, 0) is 6.67 Å². The average Bonchev–Trinajstić information content (AvgIpc) is 3.29. The Morgan fingerprint density at radius 3 is 3.11 bits per heavy atom. The maximum absolute atomic E-state index is 13.4. The highest BCUT2D eigenvalue weighted by Gasteiger charge is 2.26. The molecule has 0 aliphatic carbocycles. The van der Waals surface area contributed by atoms with E-state index in [9.17, 15) is 4.39 Å². The lowest BCUT2D eigenvalue weighted by Gasteiger charge is -2.30. The first-order valence-electron chi connectivity index (χ1n) is 8.56. The van der Waals surface area contributed by atoms with Gasteiger partial charge in [-0.2, -0.15) is 10.1 Å². The van der Waals surface area contributed by atoms with Gasteiger partial charge in [0, 0.05) is 12.1 Å². The van der Waals surface area contributed by atoms with Gasteiger partial charge < -0.3 is 4.52 Å². The molecule has 3 heterocycles. The van der Waals surface area contributed by atoms with Gasteiger partial charge in [-0.25, -0.2) is 9.07 Å². The Kier molecular flexibility index (Phi) is 5.67. The molecule has 1 atom stereocenters. The van der Waals surface area contributed by atoms with Crippen LogP contribution >= 0.6 is 35.3 Å². The van der Waals surface area contributed by atoms with Crippen molar-refractivity contribution < 1.29 is 8.91 Å². The molecule has 2 aromatic heterocycles. The fraction of sp³-hybridized carbons (Fsp3) is 0.412. The maximum Gasteiger partial charge on any atom is 0.231 e. The summed E-state index contributed by atoms with van der Waals surface area (Å²) in [7, 11) is 0. The first-order chi connectivity index (χ1) is 13.1. The van der Waals surface area contributed by atoms with Crippen LogP contribution in [0.4, 0.5) is 4.39 Å². The summed E-state index contributed by atoms with van der Waals surface area (Å²) in [6.07, 6.45) is 4.02. The molecule has 1 aromatic carbocycles. The standard InChI is InChI=1S/C17H18FN5OS3/c1-26-16-20-23(17(25)27-16)10-22-7-3-5-12(9-22)15-19-14(21-24-15)11-4-2-6-13(18)8-11/h2,4,6,8,12H,3,5,7,9-10H2,1H3/t12-/m0/s1. The summed E-state index contributed by atoms with van der Waals surface area (Å²) in [5.41, 5.74) is 0.621. The van der Waals surface area contributed by atoms with E-state index in [1.54, 1.807) is 23.9 Å². The number of nitrogens with zero attached hydrogens (tertiary/aromatic N) is 5. The Morgan fingerprint density at radius 1 is 1.44 bits per heavy atom. The number of hydrogen-bond donors (Lipinski definition) is 0. The maximum atomic E-state index is 13.4. The molecule has 1 fully saturated rings. The molecule has 4 rings (SSSR count). The van der Waals surface area contributed by atoms with E-state index in [4.69, 9.17) is 16.7 Å². The second kappa shape index (κ2) is 8.17. The SMILES string of the molecule is CSc1nn(CN2CCC[C@H](c3nc(-c4cccc(F)c4)no3)C2)c(=S)s1. The van der Waals surface area contributed by atoms with Crippen LogP contribution in [0.25, 0.3) is 11.4 Å². The second-order valence-electron chi connectivity index (χ2n) is 6.36. The van der Waals surface area contributed by atoms with E-state index in [2.05, 4.69) is 20.1 Å². The summed E-state index contributed by atoms with van der Waals surface area (Å²) in [6.45, 7) is 2.45. The summed E-state index contributed by atoms with van der Waals surface area (Å²) < 4.78 is 22.5. The van der Waals surface area contributed by atoms with Crippen molar-refractivity contribution in [3.05, 3.63) is 39.9 Å². The van der Waals surface area contributed by atoms with Crippen molar-refractivity contribution in [3.63, 3.8) is 0 Å². The van der Waals surface area contributed by atoms with Gasteiger partial charge in [-0.05, 0) is 50.0 Å². The summed E-state index contributed by atoms with van der Waals surface area (Å²) >= 11 is 8.55. The molecule has 1 saturated heterocycles. The first-order valence-corrected chi connectivity index (χ1v) is 11.0. The number of likely N-dealkylation sites (tertiary alicyclic amines) is 1. The van der Waals surface area contributed by atoms with Crippen molar-refractivity contribution >= 4 is 35.3 Å². The number of benzene rings is 1. The van der Waals surface area contributed by atoms with Gasteiger partial charge in [-0.15, -0.1) is 0 Å². The van der Waals surface area contributed by atoms with Crippen molar-refractivity contribution in [2.24, 2.45) is 0 Å². The van der Waals surface area contributed by atoms with Crippen molar-refractivity contribution in [3.8, 4) is 11.4 Å². The van der Waals surface area contributed by atoms with Gasteiger partial charge >= 0.3 is 0 Å². The summed E-state index contributed by atoms with van der Waals surface area (Å²) in [4.78, 5) is 6.81. The molecule has 0 unspecified atom stereocenters. The quantitative estimate of drug-likeness (QED) is 0.445. The number of thioether (sulfide) groups is 1. The normalized spacial score (nSPS) is 18.1. The fourth-order valence-electron chi connectivity index (χ4n) is 3.18. The highest BCUT2D eigenvalue weighted by atomic mass is 32.2. The van der Waals surface area contributed by atoms with Crippen molar-refractivity contribution in [2.75, 3.05) is 19.3 Å². The largest absolute Gasteiger partial charge is 0.339 e. The zero-order valence-corrected chi connectivity index (χ0v) is 17.1. The van der Waals surface area contributed by atoms with Crippen molar-refractivity contribution in [2.45, 2.75) is 29.8 Å². The van der Waals surface area contributed by atoms with Gasteiger partial charge in [0.1, 0.15) is 5.82 Å². The van der Waals surface area contributed by atoms with Gasteiger partial charge in [0.25, 0.3) is 0 Å². The van der Waals surface area contributed by atoms with Gasteiger partial charge in [0.15, 0.2) is 8.29 Å². The minimum Gasteiger partial charge on any atom is -0.339 e. The summed E-state index contributed by atoms with van der Waals surface area (Å²) in [5, 5.41) is 8.57. The first kappa shape index (κ1) is 18.7. The lowest BCUT2D eigenvalue weighted by atomic mass is 9.98. The van der Waals surface area contributed by atoms with E-state index in [-0.39, 0.29) is 11.7 Å². The van der Waals surface area contributed by atoms with Crippen LogP contribution < -0.4 is 0 Å². The molecular weight excluding hydrogens is 405 g/mol. The Morgan fingerprint density at radius 2 is 2.33 bits per heavy atom. The van der Waals surface area contributed by atoms with E-state index >= 15 is 0 Å². The molecule has 1 aliphatic rings. The minimum atomic E-state index is -0.313. The lowest BCUT2D eigenvalue weighted by Crippen LogP contribution is -2.36. The van der Waals surface area contributed by atoms with Crippen LogP contribution in [-0.4, -0.2) is 44.2 Å². The van der Waals surface area contributed by atoms with Gasteiger partial charge in [-0.3, -0.25) is 4.90 Å². The molecule has 0 saturated carbocycles. The minimum absolute atomic E-state index is 0.154. The molecule has 0 amide bonds. The third kappa shape index (κ3) is 4.29. The Bertz CT molecular complexity index is 985. The smallest absolute Gasteiger partial charge is 0.231 e. The third-order valence-corrected chi connectivity index (χ3v) is 6.76. The molecule has 0 radical (unpaired) electrons. The average molecular weight is 424 g/mol. The number of piperidine rings is 1. The number of rotatable bonds is 5. The van der Waals surface area contributed by atoms with Gasteiger partial charge in [-0.1, -0.05) is 40.4 Å². The van der Waals surface area contributed by atoms with Gasteiger partial charge in [0.05, 0.1) is 12.6 Å². The molecule has 27 heavy (non-hydrogen) atoms. The van der Waals surface area contributed by atoms with E-state index in [0.29, 0.717) is 23.9 Å². The predicted molar refractivity (Wildman–Crippen MR) is 106 cm³/mol. The second-order valence-corrected chi connectivity index (χ2v) is 9.04. The Labute approximate surface area is 169 Å². The lowest BCUT2D eigenvalue weighted by molar-refractivity contribution is 0.143. The highest BCUT2D eigenvalue weighted by molar-refractivity contribution is 8.00. The van der Waals surface area contributed by atoms with Crippen molar-refractivity contribution in [1.29, 1.82) is 0 Å². The van der Waals surface area contributed by atoms with Gasteiger partial charge in [0.2, 0.25) is 11.7 Å².